The number of oxazole rings is 1. The number of fused-ring (bicyclic) bond motifs is 1. The van der Waals surface area contributed by atoms with Gasteiger partial charge in [0.05, 0.1) is 6.54 Å². The summed E-state index contributed by atoms with van der Waals surface area (Å²) in [5, 5.41) is 1.21. The summed E-state index contributed by atoms with van der Waals surface area (Å²) in [6.45, 7) is 0.611. The molecule has 0 N–H and O–H groups in total. The maximum atomic E-state index is 13.1. The first-order chi connectivity index (χ1) is 13.6. The van der Waals surface area contributed by atoms with Gasteiger partial charge in [-0.3, -0.25) is 4.79 Å². The summed E-state index contributed by atoms with van der Waals surface area (Å²) in [4.78, 5) is 19.3. The molecule has 1 aromatic heterocycles. The molecule has 0 saturated carbocycles. The number of aromatic nitrogens is 1. The highest BCUT2D eigenvalue weighted by Gasteiger charge is 2.19. The number of nitrogens with zero attached hydrogens (tertiary/aromatic N) is 2. The molecule has 140 valence electrons. The number of rotatable bonds is 5. The molecule has 0 bridgehead atoms. The molecule has 0 aliphatic carbocycles. The van der Waals surface area contributed by atoms with E-state index in [0.29, 0.717) is 39.1 Å². The molecule has 0 atom stereocenters. The van der Waals surface area contributed by atoms with E-state index in [1.165, 1.54) is 0 Å². The molecule has 0 spiro atoms. The van der Waals surface area contributed by atoms with Gasteiger partial charge < -0.3 is 9.32 Å². The van der Waals surface area contributed by atoms with Crippen molar-refractivity contribution >= 4 is 40.2 Å². The molecule has 0 saturated heterocycles. The van der Waals surface area contributed by atoms with Gasteiger partial charge in [-0.15, -0.1) is 0 Å². The molecule has 3 aromatic carbocycles. The number of hydrogen-bond donors (Lipinski definition) is 0. The van der Waals surface area contributed by atoms with E-state index in [-0.39, 0.29) is 12.5 Å². The third-order valence-corrected chi connectivity index (χ3v) is 4.76. The zero-order chi connectivity index (χ0) is 19.5. The molecule has 1 amide bonds. The van der Waals surface area contributed by atoms with Crippen LogP contribution in [0.3, 0.4) is 0 Å². The molecule has 0 fully saturated rings. The summed E-state index contributed by atoms with van der Waals surface area (Å²) < 4.78 is 5.81. The molecule has 0 aliphatic heterocycles. The van der Waals surface area contributed by atoms with Gasteiger partial charge >= 0.3 is 0 Å². The van der Waals surface area contributed by atoms with Gasteiger partial charge in [0.2, 0.25) is 5.89 Å². The monoisotopic (exact) mass is 410 g/mol. The molecule has 1 heterocycles. The first-order valence-electron chi connectivity index (χ1n) is 8.72. The van der Waals surface area contributed by atoms with Crippen molar-refractivity contribution in [1.29, 1.82) is 0 Å². The quantitative estimate of drug-likeness (QED) is 0.406. The van der Waals surface area contributed by atoms with Crippen LogP contribution in [0.15, 0.2) is 77.2 Å². The Labute approximate surface area is 172 Å². The normalized spacial score (nSPS) is 10.9. The van der Waals surface area contributed by atoms with Crippen molar-refractivity contribution < 1.29 is 9.21 Å². The third kappa shape index (κ3) is 4.19. The Kier molecular flexibility index (Phi) is 5.33. The average molecular weight is 411 g/mol. The van der Waals surface area contributed by atoms with E-state index in [1.807, 2.05) is 36.4 Å². The maximum absolute atomic E-state index is 13.1. The number of amides is 1. The van der Waals surface area contributed by atoms with Crippen molar-refractivity contribution in [1.82, 2.24) is 9.88 Å². The number of halogens is 2. The third-order valence-electron chi connectivity index (χ3n) is 4.29. The van der Waals surface area contributed by atoms with Crippen LogP contribution in [0.25, 0.3) is 11.1 Å². The fourth-order valence-electron chi connectivity index (χ4n) is 3.00. The lowest BCUT2D eigenvalue weighted by molar-refractivity contribution is 0.0715. The van der Waals surface area contributed by atoms with Crippen LogP contribution in [-0.4, -0.2) is 15.8 Å². The highest BCUT2D eigenvalue weighted by Crippen LogP contribution is 2.22. The van der Waals surface area contributed by atoms with Gasteiger partial charge in [-0.05, 0) is 48.0 Å². The second-order valence-corrected chi connectivity index (χ2v) is 7.25. The maximum Gasteiger partial charge on any atom is 0.254 e. The Morgan fingerprint density at radius 1 is 0.893 bits per heavy atom. The smallest absolute Gasteiger partial charge is 0.254 e. The van der Waals surface area contributed by atoms with E-state index < -0.39 is 0 Å². The van der Waals surface area contributed by atoms with Crippen LogP contribution in [0.2, 0.25) is 10.0 Å². The molecule has 4 nitrogen and oxygen atoms in total. The van der Waals surface area contributed by atoms with E-state index in [9.17, 15) is 4.79 Å². The molecule has 4 rings (SSSR count). The van der Waals surface area contributed by atoms with Gasteiger partial charge in [0.15, 0.2) is 5.58 Å². The number of carbonyl (C=O) groups excluding carboxylic acids is 1. The second kappa shape index (κ2) is 8.05. The fraction of sp³-hybridized carbons (Fsp3) is 0.0909. The van der Waals surface area contributed by atoms with Crippen LogP contribution in [0.1, 0.15) is 21.8 Å². The van der Waals surface area contributed by atoms with Crippen molar-refractivity contribution in [2.45, 2.75) is 13.1 Å². The molecular weight excluding hydrogens is 395 g/mol. The highest BCUT2D eigenvalue weighted by atomic mass is 35.5. The molecule has 0 unspecified atom stereocenters. The Hall–Kier alpha value is -2.82. The molecular formula is C22H16Cl2N2O2. The molecule has 0 aliphatic rings. The van der Waals surface area contributed by atoms with Crippen molar-refractivity contribution in [3.8, 4) is 0 Å². The minimum atomic E-state index is -0.110. The summed E-state index contributed by atoms with van der Waals surface area (Å²) in [7, 11) is 0. The predicted molar refractivity (Wildman–Crippen MR) is 110 cm³/mol. The van der Waals surface area contributed by atoms with Gasteiger partial charge in [0.1, 0.15) is 5.52 Å². The lowest BCUT2D eigenvalue weighted by Gasteiger charge is -2.21. The standard InChI is InChI=1S/C22H16Cl2N2O2/c23-17-8-4-5-15(11-17)13-26(22(27)16-6-2-1-3-7-16)14-21-25-19-12-18(24)9-10-20(19)28-21/h1-12H,13-14H2. The summed E-state index contributed by atoms with van der Waals surface area (Å²) in [5.41, 5.74) is 2.83. The lowest BCUT2D eigenvalue weighted by Crippen LogP contribution is -2.30. The second-order valence-electron chi connectivity index (χ2n) is 6.38. The van der Waals surface area contributed by atoms with Gasteiger partial charge in [-0.25, -0.2) is 4.98 Å². The fourth-order valence-corrected chi connectivity index (χ4v) is 3.38. The minimum absolute atomic E-state index is 0.110. The Bertz CT molecular complexity index is 1130. The van der Waals surface area contributed by atoms with Crippen LogP contribution in [0, 0.1) is 0 Å². The SMILES string of the molecule is O=C(c1ccccc1)N(Cc1cccc(Cl)c1)Cc1nc2cc(Cl)ccc2o1. The van der Waals surface area contributed by atoms with Crippen LogP contribution in [0.5, 0.6) is 0 Å². The minimum Gasteiger partial charge on any atom is -0.439 e. The van der Waals surface area contributed by atoms with Crippen LogP contribution < -0.4 is 0 Å². The Morgan fingerprint density at radius 2 is 1.68 bits per heavy atom. The molecule has 4 aromatic rings. The number of benzene rings is 3. The van der Waals surface area contributed by atoms with E-state index in [0.717, 1.165) is 5.56 Å². The molecule has 0 radical (unpaired) electrons. The number of hydrogen-bond acceptors (Lipinski definition) is 3. The van der Waals surface area contributed by atoms with Crippen molar-refractivity contribution in [2.75, 3.05) is 0 Å². The first-order valence-corrected chi connectivity index (χ1v) is 9.48. The van der Waals surface area contributed by atoms with Gasteiger partial charge in [-0.1, -0.05) is 53.5 Å². The first kappa shape index (κ1) is 18.5. The Morgan fingerprint density at radius 3 is 2.46 bits per heavy atom. The predicted octanol–water partition coefficient (Wildman–Crippen LogP) is 5.98. The highest BCUT2D eigenvalue weighted by molar-refractivity contribution is 6.31. The van der Waals surface area contributed by atoms with Gasteiger partial charge in [0, 0.05) is 22.2 Å². The van der Waals surface area contributed by atoms with E-state index in [1.54, 1.807) is 41.3 Å². The van der Waals surface area contributed by atoms with E-state index in [2.05, 4.69) is 4.98 Å². The lowest BCUT2D eigenvalue weighted by atomic mass is 10.1. The molecule has 28 heavy (non-hydrogen) atoms. The van der Waals surface area contributed by atoms with Gasteiger partial charge in [-0.2, -0.15) is 0 Å². The van der Waals surface area contributed by atoms with Crippen molar-refractivity contribution in [2.24, 2.45) is 0 Å². The zero-order valence-electron chi connectivity index (χ0n) is 14.8. The largest absolute Gasteiger partial charge is 0.439 e. The summed E-state index contributed by atoms with van der Waals surface area (Å²) in [6.07, 6.45) is 0. The number of carbonyl (C=O) groups is 1. The topological polar surface area (TPSA) is 46.3 Å². The summed E-state index contributed by atoms with van der Waals surface area (Å²) >= 11 is 12.1. The summed E-state index contributed by atoms with van der Waals surface area (Å²) in [5.74, 6) is 0.337. The van der Waals surface area contributed by atoms with E-state index in [4.69, 9.17) is 27.6 Å². The Balaban J connectivity index is 1.65. The van der Waals surface area contributed by atoms with Crippen molar-refractivity contribution in [3.05, 3.63) is 99.9 Å². The van der Waals surface area contributed by atoms with Crippen LogP contribution in [-0.2, 0) is 13.1 Å². The zero-order valence-corrected chi connectivity index (χ0v) is 16.3. The average Bonchev–Trinajstić information content (AvgIpc) is 3.09. The van der Waals surface area contributed by atoms with Crippen LogP contribution >= 0.6 is 23.2 Å². The van der Waals surface area contributed by atoms with Crippen molar-refractivity contribution in [3.63, 3.8) is 0 Å². The summed E-state index contributed by atoms with van der Waals surface area (Å²) in [6, 6.07) is 21.8. The van der Waals surface area contributed by atoms with Crippen LogP contribution in [0.4, 0.5) is 0 Å². The van der Waals surface area contributed by atoms with Gasteiger partial charge in [0.25, 0.3) is 5.91 Å². The van der Waals surface area contributed by atoms with E-state index >= 15 is 0 Å². The molecule has 6 heteroatoms.